The van der Waals surface area contributed by atoms with Crippen molar-refractivity contribution in [2.24, 2.45) is 11.8 Å². The van der Waals surface area contributed by atoms with Crippen molar-refractivity contribution in [2.45, 2.75) is 6.92 Å². The zero-order chi connectivity index (χ0) is 14.9. The van der Waals surface area contributed by atoms with E-state index in [1.54, 1.807) is 30.0 Å². The Morgan fingerprint density at radius 3 is 2.75 bits per heavy atom. The summed E-state index contributed by atoms with van der Waals surface area (Å²) in [6.07, 6.45) is 0. The Kier molecular flexibility index (Phi) is 4.55. The third-order valence-corrected chi connectivity index (χ3v) is 4.39. The molecule has 1 aromatic rings. The van der Waals surface area contributed by atoms with Crippen molar-refractivity contribution in [3.8, 4) is 0 Å². The molecule has 1 atom stereocenters. The highest BCUT2D eigenvalue weighted by Gasteiger charge is 2.37. The summed E-state index contributed by atoms with van der Waals surface area (Å²) in [5, 5.41) is 12.2. The van der Waals surface area contributed by atoms with Crippen molar-refractivity contribution >= 4 is 45.2 Å². The van der Waals surface area contributed by atoms with Crippen LogP contribution in [-0.2, 0) is 4.79 Å². The number of hydrogen-bond acceptors (Lipinski definition) is 2. The summed E-state index contributed by atoms with van der Waals surface area (Å²) in [5.41, 5.74) is 0.595. The van der Waals surface area contributed by atoms with Crippen molar-refractivity contribution in [3.63, 3.8) is 0 Å². The van der Waals surface area contributed by atoms with Gasteiger partial charge in [0.05, 0.1) is 11.6 Å². The number of aliphatic carboxylic acids is 1. The van der Waals surface area contributed by atoms with E-state index in [0.29, 0.717) is 23.8 Å². The van der Waals surface area contributed by atoms with Crippen molar-refractivity contribution in [2.75, 3.05) is 18.4 Å². The van der Waals surface area contributed by atoms with Gasteiger partial charge in [0.1, 0.15) is 0 Å². The van der Waals surface area contributed by atoms with Crippen molar-refractivity contribution in [1.29, 1.82) is 0 Å². The minimum absolute atomic E-state index is 0.0149. The Bertz CT molecular complexity index is 546. The summed E-state index contributed by atoms with van der Waals surface area (Å²) < 4.78 is 0.742. The highest BCUT2D eigenvalue weighted by atomic mass is 79.9. The van der Waals surface area contributed by atoms with E-state index in [1.165, 1.54) is 0 Å². The maximum atomic E-state index is 12.0. The first-order chi connectivity index (χ1) is 9.38. The van der Waals surface area contributed by atoms with E-state index >= 15 is 0 Å². The average Bonchev–Trinajstić information content (AvgIpc) is 2.31. The van der Waals surface area contributed by atoms with E-state index in [9.17, 15) is 9.59 Å². The predicted octanol–water partition coefficient (Wildman–Crippen LogP) is 3.29. The summed E-state index contributed by atoms with van der Waals surface area (Å²) in [6.45, 7) is 2.57. The number of benzene rings is 1. The SMILES string of the molecule is CC(C(=O)O)C1CN(C(=O)Nc2cc(Cl)ccc2Br)C1. The van der Waals surface area contributed by atoms with Gasteiger partial charge in [-0.2, -0.15) is 0 Å². The molecule has 0 saturated carbocycles. The third kappa shape index (κ3) is 3.24. The van der Waals surface area contributed by atoms with Crippen molar-refractivity contribution in [1.82, 2.24) is 4.90 Å². The molecule has 1 aliphatic heterocycles. The number of carbonyl (C=O) groups is 2. The Morgan fingerprint density at radius 2 is 2.15 bits per heavy atom. The maximum Gasteiger partial charge on any atom is 0.321 e. The summed E-state index contributed by atoms with van der Waals surface area (Å²) in [5.74, 6) is -1.24. The van der Waals surface area contributed by atoms with Gasteiger partial charge in [-0.05, 0) is 34.1 Å². The fraction of sp³-hybridized carbons (Fsp3) is 0.385. The van der Waals surface area contributed by atoms with Gasteiger partial charge in [-0.1, -0.05) is 18.5 Å². The zero-order valence-electron chi connectivity index (χ0n) is 10.8. The van der Waals surface area contributed by atoms with Crippen LogP contribution in [0.1, 0.15) is 6.92 Å². The Hall–Kier alpha value is -1.27. The summed E-state index contributed by atoms with van der Waals surface area (Å²) in [4.78, 5) is 24.4. The van der Waals surface area contributed by atoms with Gasteiger partial charge in [0.2, 0.25) is 0 Å². The number of likely N-dealkylation sites (tertiary alicyclic amines) is 1. The molecule has 2 amide bonds. The van der Waals surface area contributed by atoms with Gasteiger partial charge in [-0.15, -0.1) is 0 Å². The van der Waals surface area contributed by atoms with Crippen molar-refractivity contribution in [3.05, 3.63) is 27.7 Å². The lowest BCUT2D eigenvalue weighted by Gasteiger charge is -2.41. The highest BCUT2D eigenvalue weighted by Crippen LogP contribution is 2.28. The molecule has 0 radical (unpaired) electrons. The zero-order valence-corrected chi connectivity index (χ0v) is 13.1. The fourth-order valence-corrected chi connectivity index (χ4v) is 2.50. The molecule has 2 rings (SSSR count). The number of nitrogens with one attached hydrogen (secondary N) is 1. The Morgan fingerprint density at radius 1 is 1.50 bits per heavy atom. The van der Waals surface area contributed by atoms with Gasteiger partial charge >= 0.3 is 12.0 Å². The molecular formula is C13H14BrClN2O3. The molecular weight excluding hydrogens is 348 g/mol. The molecule has 5 nitrogen and oxygen atoms in total. The van der Waals surface area contributed by atoms with Crippen LogP contribution in [0.3, 0.4) is 0 Å². The number of rotatable bonds is 3. The van der Waals surface area contributed by atoms with Crippen LogP contribution in [0.15, 0.2) is 22.7 Å². The second-order valence-electron chi connectivity index (χ2n) is 4.85. The summed E-state index contributed by atoms with van der Waals surface area (Å²) in [7, 11) is 0. The predicted molar refractivity (Wildman–Crippen MR) is 80.0 cm³/mol. The first-order valence-corrected chi connectivity index (χ1v) is 7.29. The minimum atomic E-state index is -0.826. The van der Waals surface area contributed by atoms with E-state index in [4.69, 9.17) is 16.7 Å². The van der Waals surface area contributed by atoms with Crippen LogP contribution in [0, 0.1) is 11.8 Å². The van der Waals surface area contributed by atoms with Crippen LogP contribution in [0.5, 0.6) is 0 Å². The molecule has 108 valence electrons. The third-order valence-electron chi connectivity index (χ3n) is 3.46. The standard InChI is InChI=1S/C13H14BrClN2O3/c1-7(12(18)19)8-5-17(6-8)13(20)16-11-4-9(15)2-3-10(11)14/h2-4,7-8H,5-6H2,1H3,(H,16,20)(H,18,19). The topological polar surface area (TPSA) is 69.6 Å². The molecule has 0 bridgehead atoms. The van der Waals surface area contributed by atoms with E-state index in [0.717, 1.165) is 4.47 Å². The second-order valence-corrected chi connectivity index (χ2v) is 6.14. The normalized spacial score (nSPS) is 16.4. The molecule has 7 heteroatoms. The fourth-order valence-electron chi connectivity index (χ4n) is 1.98. The van der Waals surface area contributed by atoms with Crippen LogP contribution >= 0.6 is 27.5 Å². The minimum Gasteiger partial charge on any atom is -0.481 e. The van der Waals surface area contributed by atoms with E-state index in [1.807, 2.05) is 0 Å². The second kappa shape index (κ2) is 6.01. The number of nitrogens with zero attached hydrogens (tertiary/aromatic N) is 1. The van der Waals surface area contributed by atoms with E-state index < -0.39 is 11.9 Å². The number of anilines is 1. The van der Waals surface area contributed by atoms with E-state index in [2.05, 4.69) is 21.2 Å². The van der Waals surface area contributed by atoms with Gasteiger partial charge in [0.25, 0.3) is 0 Å². The lowest BCUT2D eigenvalue weighted by molar-refractivity contribution is -0.144. The number of halogens is 2. The number of urea groups is 1. The molecule has 1 saturated heterocycles. The van der Waals surface area contributed by atoms with Crippen LogP contribution in [0.25, 0.3) is 0 Å². The molecule has 1 unspecified atom stereocenters. The van der Waals surface area contributed by atoms with Crippen LogP contribution in [0.2, 0.25) is 5.02 Å². The molecule has 1 aromatic carbocycles. The first kappa shape index (κ1) is 15.1. The van der Waals surface area contributed by atoms with Gasteiger partial charge in [0.15, 0.2) is 0 Å². The van der Waals surface area contributed by atoms with Gasteiger partial charge in [-0.25, -0.2) is 4.79 Å². The first-order valence-electron chi connectivity index (χ1n) is 6.12. The van der Waals surface area contributed by atoms with Gasteiger partial charge in [0, 0.05) is 28.5 Å². The van der Waals surface area contributed by atoms with Crippen LogP contribution in [-0.4, -0.2) is 35.1 Å². The number of carbonyl (C=O) groups excluding carboxylic acids is 1. The molecule has 0 aliphatic carbocycles. The number of carboxylic acids is 1. The lowest BCUT2D eigenvalue weighted by Crippen LogP contribution is -2.54. The lowest BCUT2D eigenvalue weighted by atomic mass is 9.87. The molecule has 2 N–H and O–H groups in total. The monoisotopic (exact) mass is 360 g/mol. The largest absolute Gasteiger partial charge is 0.481 e. The molecule has 1 aliphatic rings. The van der Waals surface area contributed by atoms with Gasteiger partial charge < -0.3 is 15.3 Å². The van der Waals surface area contributed by atoms with Crippen molar-refractivity contribution < 1.29 is 14.7 Å². The quantitative estimate of drug-likeness (QED) is 0.868. The molecule has 0 aromatic heterocycles. The number of carboxylic acid groups (broad SMARTS) is 1. The number of amides is 2. The Balaban J connectivity index is 1.92. The van der Waals surface area contributed by atoms with Gasteiger partial charge in [-0.3, -0.25) is 4.79 Å². The van der Waals surface area contributed by atoms with Crippen LogP contribution < -0.4 is 5.32 Å². The molecule has 1 heterocycles. The van der Waals surface area contributed by atoms with Crippen LogP contribution in [0.4, 0.5) is 10.5 Å². The maximum absolute atomic E-state index is 12.0. The molecule has 0 spiro atoms. The van der Waals surface area contributed by atoms with E-state index in [-0.39, 0.29) is 11.9 Å². The Labute approximate surface area is 130 Å². The number of hydrogen-bond donors (Lipinski definition) is 2. The summed E-state index contributed by atoms with van der Waals surface area (Å²) >= 11 is 9.21. The summed E-state index contributed by atoms with van der Waals surface area (Å²) in [6, 6.07) is 4.88. The average molecular weight is 362 g/mol. The highest BCUT2D eigenvalue weighted by molar-refractivity contribution is 9.10. The molecule has 1 fully saturated rings. The smallest absolute Gasteiger partial charge is 0.321 e. The molecule has 20 heavy (non-hydrogen) atoms.